The molecule has 0 aromatic heterocycles. The summed E-state index contributed by atoms with van der Waals surface area (Å²) in [5.41, 5.74) is 0.349. The first-order chi connectivity index (χ1) is 6.31. The third-order valence-corrected chi connectivity index (χ3v) is 3.52. The highest BCUT2D eigenvalue weighted by Gasteiger charge is 2.23. The molecule has 0 amide bonds. The summed E-state index contributed by atoms with van der Waals surface area (Å²) in [4.78, 5) is 0. The van der Waals surface area contributed by atoms with Crippen LogP contribution in [0, 0.1) is 11.3 Å². The van der Waals surface area contributed by atoms with Crippen LogP contribution in [-0.2, 0) is 4.74 Å². The van der Waals surface area contributed by atoms with Gasteiger partial charge in [0.05, 0.1) is 6.10 Å². The molecule has 14 heavy (non-hydrogen) atoms. The number of methoxy groups -OCH3 is 1. The van der Waals surface area contributed by atoms with Gasteiger partial charge < -0.3 is 10.1 Å². The standard InChI is InChI=1S/C12H27NO/c1-9(2)12(5,6)8-13-10(3)11(4)14-7/h9-11,13H,8H2,1-7H3. The van der Waals surface area contributed by atoms with Gasteiger partial charge in [-0.1, -0.05) is 27.7 Å². The van der Waals surface area contributed by atoms with Gasteiger partial charge in [0, 0.05) is 19.7 Å². The van der Waals surface area contributed by atoms with E-state index in [1.807, 2.05) is 0 Å². The van der Waals surface area contributed by atoms with E-state index in [2.05, 4.69) is 46.9 Å². The summed E-state index contributed by atoms with van der Waals surface area (Å²) in [6.45, 7) is 14.5. The van der Waals surface area contributed by atoms with Crippen LogP contribution in [0.15, 0.2) is 0 Å². The van der Waals surface area contributed by atoms with Gasteiger partial charge in [-0.3, -0.25) is 0 Å². The highest BCUT2D eigenvalue weighted by molar-refractivity contribution is 4.78. The summed E-state index contributed by atoms with van der Waals surface area (Å²) in [6.07, 6.45) is 0.276. The second-order valence-corrected chi connectivity index (χ2v) is 5.25. The van der Waals surface area contributed by atoms with Gasteiger partial charge in [0.15, 0.2) is 0 Å². The zero-order valence-corrected chi connectivity index (χ0v) is 10.8. The van der Waals surface area contributed by atoms with Crippen LogP contribution in [0.1, 0.15) is 41.5 Å². The van der Waals surface area contributed by atoms with Crippen LogP contribution in [0.4, 0.5) is 0 Å². The van der Waals surface area contributed by atoms with Gasteiger partial charge in [-0.05, 0) is 25.2 Å². The van der Waals surface area contributed by atoms with Crippen LogP contribution in [-0.4, -0.2) is 25.8 Å². The lowest BCUT2D eigenvalue weighted by molar-refractivity contribution is 0.0819. The lowest BCUT2D eigenvalue weighted by atomic mass is 9.81. The molecule has 0 aliphatic rings. The topological polar surface area (TPSA) is 21.3 Å². The quantitative estimate of drug-likeness (QED) is 0.713. The van der Waals surface area contributed by atoms with Crippen molar-refractivity contribution in [1.29, 1.82) is 0 Å². The number of hydrogen-bond donors (Lipinski definition) is 1. The first-order valence-electron chi connectivity index (χ1n) is 5.57. The SMILES string of the molecule is COC(C)C(C)NCC(C)(C)C(C)C. The smallest absolute Gasteiger partial charge is 0.0693 e. The number of ether oxygens (including phenoxy) is 1. The van der Waals surface area contributed by atoms with Gasteiger partial charge in [-0.25, -0.2) is 0 Å². The Kier molecular flexibility index (Phi) is 5.68. The van der Waals surface area contributed by atoms with Crippen molar-refractivity contribution in [3.8, 4) is 0 Å². The minimum absolute atomic E-state index is 0.276. The van der Waals surface area contributed by atoms with E-state index in [4.69, 9.17) is 4.74 Å². The van der Waals surface area contributed by atoms with E-state index >= 15 is 0 Å². The summed E-state index contributed by atoms with van der Waals surface area (Å²) in [6, 6.07) is 0.415. The molecule has 2 nitrogen and oxygen atoms in total. The van der Waals surface area contributed by atoms with Crippen LogP contribution in [0.2, 0.25) is 0 Å². The van der Waals surface area contributed by atoms with E-state index in [1.165, 1.54) is 0 Å². The fourth-order valence-corrected chi connectivity index (χ4v) is 0.998. The molecular formula is C12H27NO. The molecule has 0 aliphatic heterocycles. The monoisotopic (exact) mass is 201 g/mol. The van der Waals surface area contributed by atoms with E-state index in [-0.39, 0.29) is 6.10 Å². The van der Waals surface area contributed by atoms with Crippen LogP contribution >= 0.6 is 0 Å². The molecule has 0 bridgehead atoms. The predicted octanol–water partition coefficient (Wildman–Crippen LogP) is 2.68. The number of hydrogen-bond acceptors (Lipinski definition) is 2. The van der Waals surface area contributed by atoms with Crippen molar-refractivity contribution in [2.24, 2.45) is 11.3 Å². The van der Waals surface area contributed by atoms with Crippen LogP contribution in [0.25, 0.3) is 0 Å². The molecule has 0 aliphatic carbocycles. The van der Waals surface area contributed by atoms with E-state index in [9.17, 15) is 0 Å². The Morgan fingerprint density at radius 1 is 1.14 bits per heavy atom. The summed E-state index contributed by atoms with van der Waals surface area (Å²) >= 11 is 0. The second-order valence-electron chi connectivity index (χ2n) is 5.25. The third kappa shape index (κ3) is 4.43. The summed E-state index contributed by atoms with van der Waals surface area (Å²) in [5, 5.41) is 3.53. The molecular weight excluding hydrogens is 174 g/mol. The van der Waals surface area contributed by atoms with Crippen molar-refractivity contribution in [1.82, 2.24) is 5.32 Å². The fourth-order valence-electron chi connectivity index (χ4n) is 0.998. The lowest BCUT2D eigenvalue weighted by Gasteiger charge is -2.32. The average molecular weight is 201 g/mol. The lowest BCUT2D eigenvalue weighted by Crippen LogP contribution is -2.43. The Morgan fingerprint density at radius 3 is 2.00 bits per heavy atom. The normalized spacial score (nSPS) is 17.1. The van der Waals surface area contributed by atoms with Gasteiger partial charge in [0.25, 0.3) is 0 Å². The minimum Gasteiger partial charge on any atom is -0.380 e. The molecule has 1 N–H and O–H groups in total. The number of nitrogens with one attached hydrogen (secondary N) is 1. The van der Waals surface area contributed by atoms with E-state index in [0.29, 0.717) is 17.4 Å². The Bertz CT molecular complexity index is 154. The fraction of sp³-hybridized carbons (Fsp3) is 1.00. The molecule has 2 unspecified atom stereocenters. The van der Waals surface area contributed by atoms with Crippen LogP contribution in [0.5, 0.6) is 0 Å². The van der Waals surface area contributed by atoms with Crippen molar-refractivity contribution in [2.45, 2.75) is 53.7 Å². The van der Waals surface area contributed by atoms with Gasteiger partial charge in [-0.15, -0.1) is 0 Å². The molecule has 0 saturated heterocycles. The van der Waals surface area contributed by atoms with E-state index in [0.717, 1.165) is 6.54 Å². The molecule has 86 valence electrons. The summed E-state index contributed by atoms with van der Waals surface area (Å²) in [7, 11) is 1.76. The van der Waals surface area contributed by atoms with Crippen molar-refractivity contribution < 1.29 is 4.74 Å². The molecule has 0 fully saturated rings. The van der Waals surface area contributed by atoms with Crippen LogP contribution < -0.4 is 5.32 Å². The van der Waals surface area contributed by atoms with Gasteiger partial charge in [-0.2, -0.15) is 0 Å². The molecule has 0 rings (SSSR count). The molecule has 2 atom stereocenters. The zero-order valence-electron chi connectivity index (χ0n) is 10.8. The Balaban J connectivity index is 3.93. The molecule has 0 aromatic rings. The van der Waals surface area contributed by atoms with E-state index < -0.39 is 0 Å². The van der Waals surface area contributed by atoms with Crippen molar-refractivity contribution in [3.05, 3.63) is 0 Å². The molecule has 0 radical (unpaired) electrons. The summed E-state index contributed by atoms with van der Waals surface area (Å²) < 4.78 is 5.28. The van der Waals surface area contributed by atoms with Gasteiger partial charge in [0.1, 0.15) is 0 Å². The average Bonchev–Trinajstić information content (AvgIpc) is 2.12. The van der Waals surface area contributed by atoms with Crippen molar-refractivity contribution >= 4 is 0 Å². The van der Waals surface area contributed by atoms with Crippen LogP contribution in [0.3, 0.4) is 0 Å². The second kappa shape index (κ2) is 5.72. The molecule has 0 heterocycles. The van der Waals surface area contributed by atoms with Crippen molar-refractivity contribution in [2.75, 3.05) is 13.7 Å². The molecule has 2 heteroatoms. The molecule has 0 saturated carbocycles. The first kappa shape index (κ1) is 13.9. The molecule has 0 aromatic carbocycles. The Labute approximate surface area is 89.4 Å². The highest BCUT2D eigenvalue weighted by Crippen LogP contribution is 2.24. The Morgan fingerprint density at radius 2 is 1.64 bits per heavy atom. The maximum Gasteiger partial charge on any atom is 0.0693 e. The van der Waals surface area contributed by atoms with Crippen molar-refractivity contribution in [3.63, 3.8) is 0 Å². The number of rotatable bonds is 6. The maximum absolute atomic E-state index is 5.28. The summed E-state index contributed by atoms with van der Waals surface area (Å²) in [5.74, 6) is 0.694. The largest absolute Gasteiger partial charge is 0.380 e. The Hall–Kier alpha value is -0.0800. The zero-order chi connectivity index (χ0) is 11.4. The first-order valence-corrected chi connectivity index (χ1v) is 5.57. The van der Waals surface area contributed by atoms with Gasteiger partial charge >= 0.3 is 0 Å². The minimum atomic E-state index is 0.276. The maximum atomic E-state index is 5.28. The molecule has 0 spiro atoms. The highest BCUT2D eigenvalue weighted by atomic mass is 16.5. The predicted molar refractivity (Wildman–Crippen MR) is 62.6 cm³/mol. The van der Waals surface area contributed by atoms with Gasteiger partial charge in [0.2, 0.25) is 0 Å². The van der Waals surface area contributed by atoms with E-state index in [1.54, 1.807) is 7.11 Å². The third-order valence-electron chi connectivity index (χ3n) is 3.52.